The van der Waals surface area contributed by atoms with Crippen molar-refractivity contribution in [1.82, 2.24) is 0 Å². The van der Waals surface area contributed by atoms with Gasteiger partial charge in [0.1, 0.15) is 0 Å². The van der Waals surface area contributed by atoms with Crippen molar-refractivity contribution < 1.29 is 14.6 Å². The summed E-state index contributed by atoms with van der Waals surface area (Å²) in [5.41, 5.74) is 0.913. The van der Waals surface area contributed by atoms with Crippen LogP contribution in [0.1, 0.15) is 19.4 Å². The van der Waals surface area contributed by atoms with Crippen LogP contribution >= 0.6 is 11.6 Å². The summed E-state index contributed by atoms with van der Waals surface area (Å²) in [5, 5.41) is 9.57. The molecule has 1 N–H and O–H groups in total. The van der Waals surface area contributed by atoms with E-state index in [1.807, 2.05) is 26.0 Å². The van der Waals surface area contributed by atoms with Crippen LogP contribution in [0.3, 0.4) is 0 Å². The van der Waals surface area contributed by atoms with E-state index in [2.05, 4.69) is 0 Å². The number of rotatable bonds is 5. The molecule has 0 heterocycles. The molecule has 1 aromatic rings. The SMILES string of the molecule is CC(C)C(OCc1ccc(Cl)cc1)C(=O)O. The monoisotopic (exact) mass is 242 g/mol. The Morgan fingerprint density at radius 1 is 1.38 bits per heavy atom. The fraction of sp³-hybridized carbons (Fsp3) is 0.417. The van der Waals surface area contributed by atoms with E-state index in [0.29, 0.717) is 5.02 Å². The first-order valence-corrected chi connectivity index (χ1v) is 5.47. The summed E-state index contributed by atoms with van der Waals surface area (Å²) < 4.78 is 5.35. The summed E-state index contributed by atoms with van der Waals surface area (Å²) in [6.45, 7) is 3.92. The van der Waals surface area contributed by atoms with E-state index < -0.39 is 12.1 Å². The molecule has 1 unspecified atom stereocenters. The van der Waals surface area contributed by atoms with Crippen LogP contribution in [0.15, 0.2) is 24.3 Å². The topological polar surface area (TPSA) is 46.5 Å². The molecule has 0 amide bonds. The molecule has 0 aliphatic heterocycles. The number of hydrogen-bond acceptors (Lipinski definition) is 2. The molecule has 1 atom stereocenters. The highest BCUT2D eigenvalue weighted by Crippen LogP contribution is 2.13. The molecule has 0 fully saturated rings. The van der Waals surface area contributed by atoms with E-state index in [0.717, 1.165) is 5.56 Å². The van der Waals surface area contributed by atoms with Gasteiger partial charge in [-0.05, 0) is 23.6 Å². The van der Waals surface area contributed by atoms with Crippen molar-refractivity contribution in [1.29, 1.82) is 0 Å². The second-order valence-corrected chi connectivity index (χ2v) is 4.38. The van der Waals surface area contributed by atoms with Gasteiger partial charge in [0.05, 0.1) is 6.61 Å². The maximum atomic E-state index is 10.9. The van der Waals surface area contributed by atoms with Gasteiger partial charge in [-0.1, -0.05) is 37.6 Å². The average molecular weight is 243 g/mol. The van der Waals surface area contributed by atoms with Crippen LogP contribution in [0.25, 0.3) is 0 Å². The van der Waals surface area contributed by atoms with Crippen LogP contribution in [-0.4, -0.2) is 17.2 Å². The van der Waals surface area contributed by atoms with Crippen molar-refractivity contribution in [3.63, 3.8) is 0 Å². The van der Waals surface area contributed by atoms with Crippen molar-refractivity contribution >= 4 is 17.6 Å². The molecule has 4 heteroatoms. The summed E-state index contributed by atoms with van der Waals surface area (Å²) in [6, 6.07) is 7.15. The molecule has 1 rings (SSSR count). The van der Waals surface area contributed by atoms with Crippen LogP contribution in [0, 0.1) is 5.92 Å². The van der Waals surface area contributed by atoms with Crippen LogP contribution < -0.4 is 0 Å². The summed E-state index contributed by atoms with van der Waals surface area (Å²) in [5.74, 6) is -0.978. The fourth-order valence-electron chi connectivity index (χ4n) is 1.32. The summed E-state index contributed by atoms with van der Waals surface area (Å²) in [7, 11) is 0. The van der Waals surface area contributed by atoms with E-state index in [4.69, 9.17) is 21.4 Å². The second-order valence-electron chi connectivity index (χ2n) is 3.94. The molecule has 0 radical (unpaired) electrons. The van der Waals surface area contributed by atoms with Gasteiger partial charge >= 0.3 is 5.97 Å². The minimum atomic E-state index is -0.927. The van der Waals surface area contributed by atoms with Gasteiger partial charge < -0.3 is 9.84 Å². The summed E-state index contributed by atoms with van der Waals surface area (Å²) in [4.78, 5) is 10.9. The number of ether oxygens (including phenoxy) is 1. The van der Waals surface area contributed by atoms with E-state index >= 15 is 0 Å². The first kappa shape index (κ1) is 13.0. The van der Waals surface area contributed by atoms with Gasteiger partial charge in [0.25, 0.3) is 0 Å². The highest BCUT2D eigenvalue weighted by molar-refractivity contribution is 6.30. The molecule has 16 heavy (non-hydrogen) atoms. The Morgan fingerprint density at radius 2 is 1.94 bits per heavy atom. The maximum Gasteiger partial charge on any atom is 0.333 e. The molecule has 0 aliphatic rings. The van der Waals surface area contributed by atoms with Crippen LogP contribution in [-0.2, 0) is 16.1 Å². The Labute approximate surface area is 100.0 Å². The smallest absolute Gasteiger partial charge is 0.333 e. The Hall–Kier alpha value is -1.06. The lowest BCUT2D eigenvalue weighted by Crippen LogP contribution is -2.29. The first-order valence-electron chi connectivity index (χ1n) is 5.09. The third-order valence-electron chi connectivity index (χ3n) is 2.19. The van der Waals surface area contributed by atoms with Gasteiger partial charge in [0.15, 0.2) is 6.10 Å². The van der Waals surface area contributed by atoms with Gasteiger partial charge in [-0.3, -0.25) is 0 Å². The minimum absolute atomic E-state index is 0.0511. The molecule has 1 aromatic carbocycles. The minimum Gasteiger partial charge on any atom is -0.479 e. The highest BCUT2D eigenvalue weighted by Gasteiger charge is 2.21. The quantitative estimate of drug-likeness (QED) is 0.864. The summed E-state index contributed by atoms with van der Waals surface area (Å²) in [6.07, 6.45) is -0.768. The Kier molecular flexibility index (Phi) is 4.77. The zero-order valence-corrected chi connectivity index (χ0v) is 10.1. The third-order valence-corrected chi connectivity index (χ3v) is 2.44. The number of carboxylic acids is 1. The molecular formula is C12H15ClO3. The van der Waals surface area contributed by atoms with Gasteiger partial charge in [-0.2, -0.15) is 0 Å². The Bertz CT molecular complexity index is 346. The lowest BCUT2D eigenvalue weighted by atomic mass is 10.1. The molecule has 0 aromatic heterocycles. The van der Waals surface area contributed by atoms with E-state index in [9.17, 15) is 4.79 Å². The Morgan fingerprint density at radius 3 is 2.38 bits per heavy atom. The predicted molar refractivity (Wildman–Crippen MR) is 62.5 cm³/mol. The van der Waals surface area contributed by atoms with Gasteiger partial charge in [-0.15, -0.1) is 0 Å². The van der Waals surface area contributed by atoms with E-state index in [1.54, 1.807) is 12.1 Å². The highest BCUT2D eigenvalue weighted by atomic mass is 35.5. The molecule has 88 valence electrons. The van der Waals surface area contributed by atoms with Crippen LogP contribution in [0.5, 0.6) is 0 Å². The summed E-state index contributed by atoms with van der Waals surface area (Å²) >= 11 is 5.74. The number of halogens is 1. The lowest BCUT2D eigenvalue weighted by Gasteiger charge is -2.16. The maximum absolute atomic E-state index is 10.9. The normalized spacial score (nSPS) is 12.8. The molecular weight excluding hydrogens is 228 g/mol. The number of carboxylic acid groups (broad SMARTS) is 1. The van der Waals surface area contributed by atoms with Crippen molar-refractivity contribution in [2.24, 2.45) is 5.92 Å². The zero-order chi connectivity index (χ0) is 12.1. The van der Waals surface area contributed by atoms with Crippen molar-refractivity contribution in [3.05, 3.63) is 34.9 Å². The second kappa shape index (κ2) is 5.87. The van der Waals surface area contributed by atoms with E-state index in [-0.39, 0.29) is 12.5 Å². The van der Waals surface area contributed by atoms with Gasteiger partial charge in [0.2, 0.25) is 0 Å². The average Bonchev–Trinajstić information content (AvgIpc) is 2.20. The molecule has 3 nitrogen and oxygen atoms in total. The molecule has 0 saturated heterocycles. The third kappa shape index (κ3) is 3.83. The largest absolute Gasteiger partial charge is 0.479 e. The van der Waals surface area contributed by atoms with Crippen molar-refractivity contribution in [3.8, 4) is 0 Å². The number of aliphatic carboxylic acids is 1. The first-order chi connectivity index (χ1) is 7.50. The van der Waals surface area contributed by atoms with Crippen LogP contribution in [0.2, 0.25) is 5.02 Å². The fourth-order valence-corrected chi connectivity index (χ4v) is 1.44. The predicted octanol–water partition coefficient (Wildman–Crippen LogP) is 2.97. The number of hydrogen-bond donors (Lipinski definition) is 1. The van der Waals surface area contributed by atoms with Crippen molar-refractivity contribution in [2.75, 3.05) is 0 Å². The zero-order valence-electron chi connectivity index (χ0n) is 9.31. The lowest BCUT2D eigenvalue weighted by molar-refractivity contribution is -0.154. The molecule has 0 spiro atoms. The number of carbonyl (C=O) groups is 1. The van der Waals surface area contributed by atoms with Gasteiger partial charge in [0, 0.05) is 5.02 Å². The van der Waals surface area contributed by atoms with Crippen molar-refractivity contribution in [2.45, 2.75) is 26.6 Å². The standard InChI is InChI=1S/C12H15ClO3/c1-8(2)11(12(14)15)16-7-9-3-5-10(13)6-4-9/h3-6,8,11H,7H2,1-2H3,(H,14,15). The molecule has 0 bridgehead atoms. The molecule has 0 saturated carbocycles. The van der Waals surface area contributed by atoms with E-state index in [1.165, 1.54) is 0 Å². The van der Waals surface area contributed by atoms with Gasteiger partial charge in [-0.25, -0.2) is 4.79 Å². The number of benzene rings is 1. The van der Waals surface area contributed by atoms with Crippen LogP contribution in [0.4, 0.5) is 0 Å². The molecule has 0 aliphatic carbocycles. The Balaban J connectivity index is 2.55.